The Balaban J connectivity index is 1.81. The molecule has 0 aromatic heterocycles. The fourth-order valence-electron chi connectivity index (χ4n) is 2.59. The summed E-state index contributed by atoms with van der Waals surface area (Å²) in [6.45, 7) is 1.91. The number of hydrazine groups is 1. The first-order chi connectivity index (χ1) is 11.5. The molecule has 130 valence electrons. The minimum Gasteiger partial charge on any atom is -0.339 e. The quantitative estimate of drug-likeness (QED) is 0.465. The number of benzene rings is 1. The molecule has 8 heteroatoms. The molecule has 1 aliphatic heterocycles. The number of nitrogens with zero attached hydrogens (tertiary/aromatic N) is 2. The van der Waals surface area contributed by atoms with Gasteiger partial charge in [0.05, 0.1) is 10.6 Å². The maximum atomic E-state index is 12.5. The van der Waals surface area contributed by atoms with Gasteiger partial charge in [0.25, 0.3) is 5.91 Å². The Hall–Kier alpha value is -2.12. The summed E-state index contributed by atoms with van der Waals surface area (Å²) in [4.78, 5) is 39.0. The van der Waals surface area contributed by atoms with Gasteiger partial charge in [-0.15, -0.1) is 0 Å². The summed E-state index contributed by atoms with van der Waals surface area (Å²) in [5, 5.41) is 0.430. The van der Waals surface area contributed by atoms with Crippen molar-refractivity contribution in [3.05, 3.63) is 34.9 Å². The van der Waals surface area contributed by atoms with Crippen molar-refractivity contribution in [2.75, 3.05) is 26.2 Å². The number of halogens is 1. The van der Waals surface area contributed by atoms with E-state index in [0.717, 1.165) is 0 Å². The third-order valence-electron chi connectivity index (χ3n) is 3.98. The van der Waals surface area contributed by atoms with E-state index in [2.05, 4.69) is 0 Å². The highest BCUT2D eigenvalue weighted by Gasteiger charge is 2.25. The smallest absolute Gasteiger partial charge is 0.255 e. The fraction of sp³-hybridized carbons (Fsp3) is 0.438. The molecule has 0 aliphatic carbocycles. The standard InChI is InChI=1S/C16H21ClN4O3/c17-13-5-2-1-4-12(13)16(24)21-10-8-20(9-11-21)15(23)7-3-6-14(22)19-18/h1-2,4-5H,3,6-11,18H2,(H,19,22). The highest BCUT2D eigenvalue weighted by atomic mass is 35.5. The molecule has 7 nitrogen and oxygen atoms in total. The minimum atomic E-state index is -0.280. The zero-order valence-corrected chi connectivity index (χ0v) is 14.1. The van der Waals surface area contributed by atoms with E-state index in [4.69, 9.17) is 17.4 Å². The van der Waals surface area contributed by atoms with Crippen molar-refractivity contribution in [2.45, 2.75) is 19.3 Å². The van der Waals surface area contributed by atoms with Crippen LogP contribution in [0.5, 0.6) is 0 Å². The van der Waals surface area contributed by atoms with Crippen molar-refractivity contribution in [3.8, 4) is 0 Å². The average molecular weight is 353 g/mol. The molecular weight excluding hydrogens is 332 g/mol. The number of hydrogen-bond donors (Lipinski definition) is 2. The molecule has 0 bridgehead atoms. The van der Waals surface area contributed by atoms with Crippen LogP contribution in [0.1, 0.15) is 29.6 Å². The van der Waals surface area contributed by atoms with Crippen molar-refractivity contribution in [3.63, 3.8) is 0 Å². The highest BCUT2D eigenvalue weighted by molar-refractivity contribution is 6.33. The number of nitrogens with one attached hydrogen (secondary N) is 1. The molecular formula is C16H21ClN4O3. The fourth-order valence-corrected chi connectivity index (χ4v) is 2.81. The Morgan fingerprint density at radius 3 is 2.29 bits per heavy atom. The van der Waals surface area contributed by atoms with Crippen molar-refractivity contribution in [1.82, 2.24) is 15.2 Å². The molecule has 0 radical (unpaired) electrons. The van der Waals surface area contributed by atoms with Crippen LogP contribution in [0.25, 0.3) is 0 Å². The summed E-state index contributed by atoms with van der Waals surface area (Å²) in [5.41, 5.74) is 2.52. The van der Waals surface area contributed by atoms with Crippen molar-refractivity contribution >= 4 is 29.3 Å². The normalized spacial score (nSPS) is 14.4. The average Bonchev–Trinajstić information content (AvgIpc) is 2.61. The van der Waals surface area contributed by atoms with Crippen molar-refractivity contribution in [2.24, 2.45) is 5.84 Å². The molecule has 0 unspecified atom stereocenters. The van der Waals surface area contributed by atoms with Gasteiger partial charge in [0.2, 0.25) is 11.8 Å². The van der Waals surface area contributed by atoms with E-state index in [1.54, 1.807) is 34.1 Å². The van der Waals surface area contributed by atoms with Crippen LogP contribution in [0.4, 0.5) is 0 Å². The van der Waals surface area contributed by atoms with Gasteiger partial charge in [0.1, 0.15) is 0 Å². The number of carbonyl (C=O) groups is 3. The third kappa shape index (κ3) is 4.69. The van der Waals surface area contributed by atoms with Crippen molar-refractivity contribution < 1.29 is 14.4 Å². The molecule has 3 N–H and O–H groups in total. The maximum Gasteiger partial charge on any atom is 0.255 e. The Kier molecular flexibility index (Phi) is 6.57. The lowest BCUT2D eigenvalue weighted by atomic mass is 10.1. The zero-order valence-electron chi connectivity index (χ0n) is 13.3. The second-order valence-corrected chi connectivity index (χ2v) is 5.98. The minimum absolute atomic E-state index is 0.00957. The summed E-state index contributed by atoms with van der Waals surface area (Å²) in [6.07, 6.45) is 0.986. The van der Waals surface area contributed by atoms with Gasteiger partial charge in [0, 0.05) is 39.0 Å². The van der Waals surface area contributed by atoms with Crippen LogP contribution in [0.15, 0.2) is 24.3 Å². The van der Waals surface area contributed by atoms with Crippen LogP contribution < -0.4 is 11.3 Å². The zero-order chi connectivity index (χ0) is 17.5. The SMILES string of the molecule is NNC(=O)CCCC(=O)N1CCN(C(=O)c2ccccc2Cl)CC1. The molecule has 24 heavy (non-hydrogen) atoms. The molecule has 2 rings (SSSR count). The number of carbonyl (C=O) groups excluding carboxylic acids is 3. The van der Waals surface area contributed by atoms with E-state index < -0.39 is 0 Å². The summed E-state index contributed by atoms with van der Waals surface area (Å²) < 4.78 is 0. The van der Waals surface area contributed by atoms with Gasteiger partial charge in [-0.3, -0.25) is 19.8 Å². The predicted molar refractivity (Wildman–Crippen MR) is 90.1 cm³/mol. The summed E-state index contributed by atoms with van der Waals surface area (Å²) in [7, 11) is 0. The Labute approximate surface area is 145 Å². The number of hydrogen-bond acceptors (Lipinski definition) is 4. The number of amides is 3. The number of piperazine rings is 1. The lowest BCUT2D eigenvalue weighted by molar-refractivity contribution is -0.132. The molecule has 1 aromatic carbocycles. The molecule has 1 aromatic rings. The Morgan fingerprint density at radius 2 is 1.67 bits per heavy atom. The second kappa shape index (κ2) is 8.65. The van der Waals surface area contributed by atoms with E-state index in [0.29, 0.717) is 49.6 Å². The van der Waals surface area contributed by atoms with Gasteiger partial charge in [0.15, 0.2) is 0 Å². The van der Waals surface area contributed by atoms with E-state index >= 15 is 0 Å². The van der Waals surface area contributed by atoms with Crippen LogP contribution in [0, 0.1) is 0 Å². The maximum absolute atomic E-state index is 12.5. The summed E-state index contributed by atoms with van der Waals surface area (Å²) in [5.74, 6) is 4.58. The second-order valence-electron chi connectivity index (χ2n) is 5.57. The van der Waals surface area contributed by atoms with Crippen LogP contribution >= 0.6 is 11.6 Å². The van der Waals surface area contributed by atoms with E-state index in [9.17, 15) is 14.4 Å². The topological polar surface area (TPSA) is 95.7 Å². The predicted octanol–water partition coefficient (Wildman–Crippen LogP) is 0.785. The van der Waals surface area contributed by atoms with Gasteiger partial charge >= 0.3 is 0 Å². The number of rotatable bonds is 5. The lowest BCUT2D eigenvalue weighted by Crippen LogP contribution is -2.50. The molecule has 0 spiro atoms. The molecule has 1 fully saturated rings. The van der Waals surface area contributed by atoms with Crippen LogP contribution in [-0.2, 0) is 9.59 Å². The van der Waals surface area contributed by atoms with Crippen molar-refractivity contribution in [1.29, 1.82) is 0 Å². The Bertz CT molecular complexity index is 615. The van der Waals surface area contributed by atoms with Gasteiger partial charge < -0.3 is 9.80 Å². The van der Waals surface area contributed by atoms with E-state index in [1.165, 1.54) is 0 Å². The highest BCUT2D eigenvalue weighted by Crippen LogP contribution is 2.18. The van der Waals surface area contributed by atoms with E-state index in [1.807, 2.05) is 5.43 Å². The summed E-state index contributed by atoms with van der Waals surface area (Å²) >= 11 is 6.06. The largest absolute Gasteiger partial charge is 0.339 e. The number of nitrogens with two attached hydrogens (primary N) is 1. The van der Waals surface area contributed by atoms with Gasteiger partial charge in [-0.2, -0.15) is 0 Å². The first-order valence-corrected chi connectivity index (χ1v) is 8.21. The lowest BCUT2D eigenvalue weighted by Gasteiger charge is -2.35. The van der Waals surface area contributed by atoms with E-state index in [-0.39, 0.29) is 24.1 Å². The molecule has 0 saturated carbocycles. The molecule has 3 amide bonds. The van der Waals surface area contributed by atoms with Crippen LogP contribution in [0.3, 0.4) is 0 Å². The van der Waals surface area contributed by atoms with Gasteiger partial charge in [-0.25, -0.2) is 5.84 Å². The van der Waals surface area contributed by atoms with Gasteiger partial charge in [-0.1, -0.05) is 23.7 Å². The Morgan fingerprint density at radius 1 is 1.04 bits per heavy atom. The molecule has 1 aliphatic rings. The molecule has 0 atom stereocenters. The van der Waals surface area contributed by atoms with Crippen LogP contribution in [0.2, 0.25) is 5.02 Å². The molecule has 1 saturated heterocycles. The first kappa shape index (κ1) is 18.2. The first-order valence-electron chi connectivity index (χ1n) is 7.84. The third-order valence-corrected chi connectivity index (χ3v) is 4.31. The molecule has 1 heterocycles. The summed E-state index contributed by atoms with van der Waals surface area (Å²) in [6, 6.07) is 6.94. The van der Waals surface area contributed by atoms with Gasteiger partial charge in [-0.05, 0) is 18.6 Å². The van der Waals surface area contributed by atoms with Crippen LogP contribution in [-0.4, -0.2) is 53.7 Å². The monoisotopic (exact) mass is 352 g/mol.